The number of hydrogen-bond donors (Lipinski definition) is 0. The molecule has 0 amide bonds. The molecule has 0 aliphatic carbocycles. The quantitative estimate of drug-likeness (QED) is 0.680. The molecule has 0 aliphatic heterocycles. The Labute approximate surface area is 127 Å². The number of halogens is 1. The molecule has 0 spiro atoms. The number of aromatic nitrogens is 4. The first-order valence-electron chi connectivity index (χ1n) is 6.99. The number of imidazole rings is 1. The molecule has 5 nitrogen and oxygen atoms in total. The van der Waals surface area contributed by atoms with Crippen molar-refractivity contribution in [3.05, 3.63) is 41.3 Å². The molecule has 0 aliphatic rings. The standard InChI is InChI=1S/C15H17ClN4O/c1-10-4-3-5-12-15(10)20(13(18-12)6-8-16)9-7-14-17-11(2)19-21-14/h3-5H,6-9H2,1-2H3. The Bertz CT molecular complexity index is 762. The zero-order valence-electron chi connectivity index (χ0n) is 12.1. The minimum atomic E-state index is 0.558. The summed E-state index contributed by atoms with van der Waals surface area (Å²) in [6.07, 6.45) is 1.44. The summed E-state index contributed by atoms with van der Waals surface area (Å²) in [5.41, 5.74) is 3.38. The highest BCUT2D eigenvalue weighted by Crippen LogP contribution is 2.21. The molecule has 0 saturated heterocycles. The van der Waals surface area contributed by atoms with Gasteiger partial charge < -0.3 is 9.09 Å². The van der Waals surface area contributed by atoms with Crippen molar-refractivity contribution >= 4 is 22.6 Å². The van der Waals surface area contributed by atoms with Crippen molar-refractivity contribution in [3.63, 3.8) is 0 Å². The van der Waals surface area contributed by atoms with Gasteiger partial charge in [0.15, 0.2) is 5.82 Å². The number of nitrogens with zero attached hydrogens (tertiary/aromatic N) is 4. The van der Waals surface area contributed by atoms with Crippen LogP contribution in [-0.4, -0.2) is 25.6 Å². The van der Waals surface area contributed by atoms with Crippen LogP contribution in [0.4, 0.5) is 0 Å². The average molecular weight is 305 g/mol. The topological polar surface area (TPSA) is 56.7 Å². The van der Waals surface area contributed by atoms with E-state index >= 15 is 0 Å². The van der Waals surface area contributed by atoms with Crippen LogP contribution in [-0.2, 0) is 19.4 Å². The van der Waals surface area contributed by atoms with Gasteiger partial charge in [0.05, 0.1) is 11.0 Å². The van der Waals surface area contributed by atoms with Crippen LogP contribution in [0, 0.1) is 13.8 Å². The van der Waals surface area contributed by atoms with Crippen molar-refractivity contribution in [2.45, 2.75) is 33.2 Å². The molecule has 0 N–H and O–H groups in total. The Balaban J connectivity index is 1.96. The van der Waals surface area contributed by atoms with Gasteiger partial charge in [-0.15, -0.1) is 11.6 Å². The fraction of sp³-hybridized carbons (Fsp3) is 0.400. The van der Waals surface area contributed by atoms with Crippen molar-refractivity contribution in [1.82, 2.24) is 19.7 Å². The van der Waals surface area contributed by atoms with E-state index in [1.807, 2.05) is 19.1 Å². The molecule has 3 rings (SSSR count). The zero-order valence-corrected chi connectivity index (χ0v) is 12.9. The molecule has 2 aromatic heterocycles. The van der Waals surface area contributed by atoms with Crippen LogP contribution in [0.1, 0.15) is 23.1 Å². The van der Waals surface area contributed by atoms with Crippen LogP contribution < -0.4 is 0 Å². The lowest BCUT2D eigenvalue weighted by Crippen LogP contribution is -2.08. The van der Waals surface area contributed by atoms with Gasteiger partial charge in [-0.3, -0.25) is 0 Å². The van der Waals surface area contributed by atoms with Gasteiger partial charge in [0, 0.05) is 25.3 Å². The molecule has 0 bridgehead atoms. The molecule has 0 saturated carbocycles. The molecule has 0 unspecified atom stereocenters. The molecule has 6 heteroatoms. The summed E-state index contributed by atoms with van der Waals surface area (Å²) in [6.45, 7) is 4.68. The van der Waals surface area contributed by atoms with Crippen LogP contribution >= 0.6 is 11.6 Å². The number of aryl methyl sites for hydroxylation is 5. The van der Waals surface area contributed by atoms with E-state index in [0.29, 0.717) is 24.0 Å². The smallest absolute Gasteiger partial charge is 0.228 e. The maximum atomic E-state index is 5.90. The lowest BCUT2D eigenvalue weighted by molar-refractivity contribution is 0.368. The van der Waals surface area contributed by atoms with Gasteiger partial charge in [-0.25, -0.2) is 4.98 Å². The fourth-order valence-corrected chi connectivity index (χ4v) is 2.75. The van der Waals surface area contributed by atoms with Crippen molar-refractivity contribution in [2.24, 2.45) is 0 Å². The Morgan fingerprint density at radius 3 is 2.76 bits per heavy atom. The molecule has 0 radical (unpaired) electrons. The SMILES string of the molecule is Cc1noc(CCn2c(CCCl)nc3cccc(C)c32)n1. The van der Waals surface area contributed by atoms with E-state index in [1.54, 1.807) is 0 Å². The fourth-order valence-electron chi connectivity index (χ4n) is 2.58. The van der Waals surface area contributed by atoms with Crippen molar-refractivity contribution in [2.75, 3.05) is 5.88 Å². The molecule has 110 valence electrons. The maximum Gasteiger partial charge on any atom is 0.228 e. The zero-order chi connectivity index (χ0) is 14.8. The molecular formula is C15H17ClN4O. The summed E-state index contributed by atoms with van der Waals surface area (Å²) in [7, 11) is 0. The van der Waals surface area contributed by atoms with E-state index in [9.17, 15) is 0 Å². The van der Waals surface area contributed by atoms with Gasteiger partial charge in [-0.2, -0.15) is 4.98 Å². The third-order valence-electron chi connectivity index (χ3n) is 3.48. The predicted octanol–water partition coefficient (Wildman–Crippen LogP) is 3.06. The summed E-state index contributed by atoms with van der Waals surface area (Å²) < 4.78 is 7.40. The monoisotopic (exact) mass is 304 g/mol. The second kappa shape index (κ2) is 5.85. The molecular weight excluding hydrogens is 288 g/mol. The van der Waals surface area contributed by atoms with Crippen LogP contribution in [0.15, 0.2) is 22.7 Å². The Kier molecular flexibility index (Phi) is 3.92. The Hall–Kier alpha value is -1.88. The van der Waals surface area contributed by atoms with Gasteiger partial charge in [0.25, 0.3) is 0 Å². The molecule has 1 aromatic carbocycles. The highest BCUT2D eigenvalue weighted by molar-refractivity contribution is 6.17. The molecule has 3 aromatic rings. The maximum absolute atomic E-state index is 5.90. The highest BCUT2D eigenvalue weighted by Gasteiger charge is 2.13. The summed E-state index contributed by atoms with van der Waals surface area (Å²) in [5.74, 6) is 2.88. The van der Waals surface area contributed by atoms with E-state index in [-0.39, 0.29) is 0 Å². The summed E-state index contributed by atoms with van der Waals surface area (Å²) >= 11 is 5.90. The van der Waals surface area contributed by atoms with Crippen LogP contribution in [0.2, 0.25) is 0 Å². The third kappa shape index (κ3) is 2.78. The first-order chi connectivity index (χ1) is 10.2. The Morgan fingerprint density at radius 2 is 2.05 bits per heavy atom. The number of rotatable bonds is 5. The number of fused-ring (bicyclic) bond motifs is 1. The Morgan fingerprint density at radius 1 is 1.19 bits per heavy atom. The minimum Gasteiger partial charge on any atom is -0.339 e. The number of para-hydroxylation sites is 1. The number of hydrogen-bond acceptors (Lipinski definition) is 4. The van der Waals surface area contributed by atoms with Gasteiger partial charge in [0.1, 0.15) is 5.82 Å². The van der Waals surface area contributed by atoms with Gasteiger partial charge >= 0.3 is 0 Å². The van der Waals surface area contributed by atoms with E-state index in [1.165, 1.54) is 5.56 Å². The molecule has 0 atom stereocenters. The van der Waals surface area contributed by atoms with E-state index < -0.39 is 0 Å². The summed E-state index contributed by atoms with van der Waals surface area (Å²) in [4.78, 5) is 8.94. The molecule has 2 heterocycles. The van der Waals surface area contributed by atoms with Crippen molar-refractivity contribution < 1.29 is 4.52 Å². The second-order valence-corrected chi connectivity index (χ2v) is 5.42. The second-order valence-electron chi connectivity index (χ2n) is 5.05. The van der Waals surface area contributed by atoms with Crippen LogP contribution in [0.3, 0.4) is 0 Å². The summed E-state index contributed by atoms with van der Waals surface area (Å²) in [5, 5.41) is 3.82. The first kappa shape index (κ1) is 14.1. The van der Waals surface area contributed by atoms with Gasteiger partial charge in [0.2, 0.25) is 5.89 Å². The van der Waals surface area contributed by atoms with Gasteiger partial charge in [-0.1, -0.05) is 17.3 Å². The summed E-state index contributed by atoms with van der Waals surface area (Å²) in [6, 6.07) is 6.16. The van der Waals surface area contributed by atoms with Crippen molar-refractivity contribution in [1.29, 1.82) is 0 Å². The lowest BCUT2D eigenvalue weighted by Gasteiger charge is -2.08. The predicted molar refractivity (Wildman–Crippen MR) is 81.6 cm³/mol. The van der Waals surface area contributed by atoms with E-state index in [2.05, 4.69) is 27.7 Å². The van der Waals surface area contributed by atoms with Crippen LogP contribution in [0.5, 0.6) is 0 Å². The number of alkyl halides is 1. The normalized spacial score (nSPS) is 11.4. The van der Waals surface area contributed by atoms with E-state index in [0.717, 1.165) is 29.8 Å². The van der Waals surface area contributed by atoms with Gasteiger partial charge in [-0.05, 0) is 25.5 Å². The first-order valence-corrected chi connectivity index (χ1v) is 7.52. The van der Waals surface area contributed by atoms with Crippen LogP contribution in [0.25, 0.3) is 11.0 Å². The third-order valence-corrected chi connectivity index (χ3v) is 3.67. The molecule has 0 fully saturated rings. The molecule has 21 heavy (non-hydrogen) atoms. The lowest BCUT2D eigenvalue weighted by atomic mass is 10.2. The average Bonchev–Trinajstić information content (AvgIpc) is 3.01. The number of benzene rings is 1. The minimum absolute atomic E-state index is 0.558. The largest absolute Gasteiger partial charge is 0.339 e. The van der Waals surface area contributed by atoms with E-state index in [4.69, 9.17) is 21.1 Å². The highest BCUT2D eigenvalue weighted by atomic mass is 35.5. The van der Waals surface area contributed by atoms with Crippen molar-refractivity contribution in [3.8, 4) is 0 Å².